The monoisotopic (exact) mass is 351 g/mol. The minimum absolute atomic E-state index is 0.587. The molecule has 2 aromatic carbocycles. The van der Waals surface area contributed by atoms with Crippen LogP contribution in [-0.2, 0) is 6.42 Å². The van der Waals surface area contributed by atoms with E-state index >= 15 is 0 Å². The number of aromatic amines is 1. The van der Waals surface area contributed by atoms with E-state index in [4.69, 9.17) is 4.74 Å². The van der Waals surface area contributed by atoms with Gasteiger partial charge in [0.15, 0.2) is 5.96 Å². The average Bonchev–Trinajstić information content (AvgIpc) is 3.10. The molecule has 0 aliphatic rings. The zero-order valence-electron chi connectivity index (χ0n) is 15.0. The first kappa shape index (κ1) is 17.8. The van der Waals surface area contributed by atoms with Gasteiger partial charge in [0.2, 0.25) is 0 Å². The SMILES string of the molecule is CN=C(NCCCc1nc2ccccc2[nH]1)NCCOc1ccccc1. The van der Waals surface area contributed by atoms with Crippen LogP contribution < -0.4 is 15.4 Å². The molecule has 0 fully saturated rings. The molecule has 0 amide bonds. The number of aryl methyl sites for hydroxylation is 1. The van der Waals surface area contributed by atoms with E-state index in [-0.39, 0.29) is 0 Å². The predicted molar refractivity (Wildman–Crippen MR) is 106 cm³/mol. The molecule has 0 aliphatic heterocycles. The number of aromatic nitrogens is 2. The summed E-state index contributed by atoms with van der Waals surface area (Å²) in [5, 5.41) is 6.56. The van der Waals surface area contributed by atoms with Crippen LogP contribution in [0.5, 0.6) is 5.75 Å². The number of hydrogen-bond donors (Lipinski definition) is 3. The van der Waals surface area contributed by atoms with E-state index < -0.39 is 0 Å². The highest BCUT2D eigenvalue weighted by atomic mass is 16.5. The molecule has 26 heavy (non-hydrogen) atoms. The third-order valence-corrected chi connectivity index (χ3v) is 3.95. The lowest BCUT2D eigenvalue weighted by Crippen LogP contribution is -2.39. The standard InChI is InChI=1S/C20H25N5O/c1-21-20(23-14-15-26-16-8-3-2-4-9-16)22-13-7-12-19-24-17-10-5-6-11-18(17)25-19/h2-6,8-11H,7,12-15H2,1H3,(H,24,25)(H2,21,22,23). The Morgan fingerprint density at radius 2 is 1.81 bits per heavy atom. The van der Waals surface area contributed by atoms with Crippen molar-refractivity contribution in [2.45, 2.75) is 12.8 Å². The third-order valence-electron chi connectivity index (χ3n) is 3.95. The van der Waals surface area contributed by atoms with Crippen LogP contribution in [0.4, 0.5) is 0 Å². The Morgan fingerprint density at radius 3 is 2.62 bits per heavy atom. The van der Waals surface area contributed by atoms with Crippen LogP contribution in [0.25, 0.3) is 11.0 Å². The first-order valence-electron chi connectivity index (χ1n) is 8.91. The van der Waals surface area contributed by atoms with Gasteiger partial charge in [0, 0.05) is 20.0 Å². The maximum atomic E-state index is 5.66. The number of para-hydroxylation sites is 3. The molecule has 0 atom stereocenters. The van der Waals surface area contributed by atoms with Crippen molar-refractivity contribution in [2.24, 2.45) is 4.99 Å². The van der Waals surface area contributed by atoms with Gasteiger partial charge < -0.3 is 20.4 Å². The van der Waals surface area contributed by atoms with Gasteiger partial charge in [0.1, 0.15) is 18.2 Å². The van der Waals surface area contributed by atoms with E-state index in [1.165, 1.54) is 0 Å². The molecular formula is C20H25N5O. The van der Waals surface area contributed by atoms with Crippen LogP contribution in [0.2, 0.25) is 0 Å². The number of nitrogens with one attached hydrogen (secondary N) is 3. The molecule has 3 aromatic rings. The molecule has 6 heteroatoms. The summed E-state index contributed by atoms with van der Waals surface area (Å²) in [7, 11) is 1.77. The number of hydrogen-bond acceptors (Lipinski definition) is 3. The van der Waals surface area contributed by atoms with Gasteiger partial charge in [-0.1, -0.05) is 30.3 Å². The number of aliphatic imine (C=N–C) groups is 1. The van der Waals surface area contributed by atoms with Crippen molar-refractivity contribution in [3.63, 3.8) is 0 Å². The highest BCUT2D eigenvalue weighted by Crippen LogP contribution is 2.11. The topological polar surface area (TPSA) is 74.3 Å². The fourth-order valence-corrected chi connectivity index (χ4v) is 2.66. The number of fused-ring (bicyclic) bond motifs is 1. The average molecular weight is 351 g/mol. The first-order valence-corrected chi connectivity index (χ1v) is 8.91. The van der Waals surface area contributed by atoms with Gasteiger partial charge in [-0.25, -0.2) is 4.98 Å². The summed E-state index contributed by atoms with van der Waals surface area (Å²) in [4.78, 5) is 12.2. The van der Waals surface area contributed by atoms with Gasteiger partial charge >= 0.3 is 0 Å². The lowest BCUT2D eigenvalue weighted by atomic mass is 10.3. The molecule has 3 rings (SSSR count). The number of nitrogens with zero attached hydrogens (tertiary/aromatic N) is 2. The fourth-order valence-electron chi connectivity index (χ4n) is 2.66. The second kappa shape index (κ2) is 9.46. The van der Waals surface area contributed by atoms with Gasteiger partial charge in [0.25, 0.3) is 0 Å². The molecule has 0 aliphatic carbocycles. The molecule has 6 nitrogen and oxygen atoms in total. The van der Waals surface area contributed by atoms with Gasteiger partial charge in [-0.15, -0.1) is 0 Å². The van der Waals surface area contributed by atoms with Crippen molar-refractivity contribution in [1.29, 1.82) is 0 Å². The third kappa shape index (κ3) is 5.24. The highest BCUT2D eigenvalue weighted by Gasteiger charge is 2.02. The predicted octanol–water partition coefficient (Wildman–Crippen LogP) is 2.74. The van der Waals surface area contributed by atoms with Crippen LogP contribution in [0, 0.1) is 0 Å². The van der Waals surface area contributed by atoms with E-state index in [0.717, 1.165) is 48.0 Å². The Morgan fingerprint density at radius 1 is 1.04 bits per heavy atom. The van der Waals surface area contributed by atoms with Crippen molar-refractivity contribution in [3.05, 3.63) is 60.4 Å². The Labute approximate surface area is 153 Å². The number of H-pyrrole nitrogens is 1. The normalized spacial score (nSPS) is 11.5. The lowest BCUT2D eigenvalue weighted by molar-refractivity contribution is 0.322. The highest BCUT2D eigenvalue weighted by molar-refractivity contribution is 5.79. The van der Waals surface area contributed by atoms with Crippen molar-refractivity contribution in [1.82, 2.24) is 20.6 Å². The summed E-state index contributed by atoms with van der Waals surface area (Å²) in [6.07, 6.45) is 1.87. The maximum Gasteiger partial charge on any atom is 0.191 e. The smallest absolute Gasteiger partial charge is 0.191 e. The molecular weight excluding hydrogens is 326 g/mol. The van der Waals surface area contributed by atoms with Crippen molar-refractivity contribution in [2.75, 3.05) is 26.7 Å². The number of rotatable bonds is 8. The van der Waals surface area contributed by atoms with Gasteiger partial charge in [-0.05, 0) is 30.7 Å². The summed E-state index contributed by atoms with van der Waals surface area (Å²) < 4.78 is 5.66. The van der Waals surface area contributed by atoms with Crippen molar-refractivity contribution < 1.29 is 4.74 Å². The van der Waals surface area contributed by atoms with Crippen LogP contribution in [0.1, 0.15) is 12.2 Å². The Hall–Kier alpha value is -3.02. The molecule has 0 bridgehead atoms. The van der Waals surface area contributed by atoms with Gasteiger partial charge in [-0.2, -0.15) is 0 Å². The first-order chi connectivity index (χ1) is 12.8. The largest absolute Gasteiger partial charge is 0.492 e. The van der Waals surface area contributed by atoms with Gasteiger partial charge in [-0.3, -0.25) is 4.99 Å². The van der Waals surface area contributed by atoms with Crippen molar-refractivity contribution in [3.8, 4) is 5.75 Å². The zero-order valence-corrected chi connectivity index (χ0v) is 15.0. The summed E-state index contributed by atoms with van der Waals surface area (Å²) in [6, 6.07) is 17.9. The number of ether oxygens (including phenoxy) is 1. The molecule has 0 saturated carbocycles. The zero-order chi connectivity index (χ0) is 18.0. The molecule has 3 N–H and O–H groups in total. The Kier molecular flexibility index (Phi) is 6.47. The summed E-state index contributed by atoms with van der Waals surface area (Å²) in [6.45, 7) is 2.11. The van der Waals surface area contributed by atoms with Gasteiger partial charge in [0.05, 0.1) is 17.6 Å². The minimum Gasteiger partial charge on any atom is -0.492 e. The minimum atomic E-state index is 0.587. The van der Waals surface area contributed by atoms with E-state index in [1.54, 1.807) is 7.05 Å². The molecule has 0 unspecified atom stereocenters. The summed E-state index contributed by atoms with van der Waals surface area (Å²) >= 11 is 0. The number of imidazole rings is 1. The maximum absolute atomic E-state index is 5.66. The van der Waals surface area contributed by atoms with Crippen LogP contribution in [-0.4, -0.2) is 42.7 Å². The molecule has 0 saturated heterocycles. The second-order valence-corrected chi connectivity index (χ2v) is 5.89. The van der Waals surface area contributed by atoms with E-state index in [1.807, 2.05) is 54.6 Å². The summed E-state index contributed by atoms with van der Waals surface area (Å²) in [5.74, 6) is 2.68. The number of guanidine groups is 1. The fraction of sp³-hybridized carbons (Fsp3) is 0.300. The molecule has 0 radical (unpaired) electrons. The van der Waals surface area contributed by atoms with E-state index in [2.05, 4.69) is 25.6 Å². The lowest BCUT2D eigenvalue weighted by Gasteiger charge is -2.12. The number of benzene rings is 2. The van der Waals surface area contributed by atoms with E-state index in [0.29, 0.717) is 13.2 Å². The van der Waals surface area contributed by atoms with Crippen LogP contribution in [0.15, 0.2) is 59.6 Å². The van der Waals surface area contributed by atoms with Crippen LogP contribution >= 0.6 is 0 Å². The quantitative estimate of drug-likeness (QED) is 0.331. The molecule has 136 valence electrons. The Balaban J connectivity index is 1.32. The van der Waals surface area contributed by atoms with E-state index in [9.17, 15) is 0 Å². The second-order valence-electron chi connectivity index (χ2n) is 5.89. The molecule has 1 heterocycles. The van der Waals surface area contributed by atoms with Crippen LogP contribution in [0.3, 0.4) is 0 Å². The Bertz CT molecular complexity index is 795. The molecule has 1 aromatic heterocycles. The molecule has 0 spiro atoms. The van der Waals surface area contributed by atoms with Crippen molar-refractivity contribution >= 4 is 17.0 Å². The summed E-state index contributed by atoms with van der Waals surface area (Å²) in [5.41, 5.74) is 2.11.